The smallest absolute Gasteiger partial charge is 0.358 e. The number of hydrogen-bond acceptors (Lipinski definition) is 4. The van der Waals surface area contributed by atoms with Gasteiger partial charge in [-0.15, -0.1) is 10.2 Å². The van der Waals surface area contributed by atoms with Crippen LogP contribution in [0.2, 0.25) is 0 Å². The highest BCUT2D eigenvalue weighted by Gasteiger charge is 2.23. The Hall–Kier alpha value is -2.17. The summed E-state index contributed by atoms with van der Waals surface area (Å²) in [6.07, 6.45) is 2.19. The molecule has 0 bridgehead atoms. The normalized spacial score (nSPS) is 15.2. The van der Waals surface area contributed by atoms with Gasteiger partial charge in [0.05, 0.1) is 11.2 Å². The second-order valence-corrected chi connectivity index (χ2v) is 4.41. The van der Waals surface area contributed by atoms with Crippen molar-refractivity contribution in [1.29, 1.82) is 0 Å². The molecule has 5 nitrogen and oxygen atoms in total. The van der Waals surface area contributed by atoms with Crippen LogP contribution in [0.3, 0.4) is 0 Å². The Kier molecular flexibility index (Phi) is 2.59. The van der Waals surface area contributed by atoms with E-state index in [2.05, 4.69) is 15.1 Å². The maximum Gasteiger partial charge on any atom is 0.358 e. The summed E-state index contributed by atoms with van der Waals surface area (Å²) in [7, 11) is 0. The highest BCUT2D eigenvalue weighted by atomic mass is 16.4. The monoisotopic (exact) mass is 243 g/mol. The van der Waals surface area contributed by atoms with E-state index in [0.29, 0.717) is 5.69 Å². The first kappa shape index (κ1) is 11.0. The number of rotatable bonds is 2. The molecule has 1 aliphatic heterocycles. The van der Waals surface area contributed by atoms with Gasteiger partial charge in [-0.1, -0.05) is 18.2 Å². The van der Waals surface area contributed by atoms with Crippen LogP contribution in [0.25, 0.3) is 10.9 Å². The fourth-order valence-corrected chi connectivity index (χ4v) is 2.44. The topological polar surface area (TPSA) is 66.3 Å². The van der Waals surface area contributed by atoms with Crippen LogP contribution in [0.4, 0.5) is 5.69 Å². The van der Waals surface area contributed by atoms with Crippen LogP contribution in [0, 0.1) is 0 Å². The molecule has 0 atom stereocenters. The third-order valence-corrected chi connectivity index (χ3v) is 3.27. The minimum Gasteiger partial charge on any atom is -0.476 e. The van der Waals surface area contributed by atoms with Gasteiger partial charge < -0.3 is 10.0 Å². The lowest BCUT2D eigenvalue weighted by Crippen LogP contribution is -2.22. The van der Waals surface area contributed by atoms with Crippen molar-refractivity contribution in [2.45, 2.75) is 12.8 Å². The average Bonchev–Trinajstić information content (AvgIpc) is 2.90. The van der Waals surface area contributed by atoms with E-state index < -0.39 is 5.97 Å². The van der Waals surface area contributed by atoms with E-state index in [9.17, 15) is 9.90 Å². The van der Waals surface area contributed by atoms with E-state index in [-0.39, 0.29) is 5.69 Å². The third kappa shape index (κ3) is 1.68. The Morgan fingerprint density at radius 1 is 1.17 bits per heavy atom. The van der Waals surface area contributed by atoms with Crippen LogP contribution in [-0.4, -0.2) is 34.4 Å². The number of hydrogen-bond donors (Lipinski definition) is 1. The first-order chi connectivity index (χ1) is 8.77. The van der Waals surface area contributed by atoms with Crippen molar-refractivity contribution in [2.75, 3.05) is 18.0 Å². The maximum atomic E-state index is 11.3. The zero-order chi connectivity index (χ0) is 12.5. The maximum absolute atomic E-state index is 11.3. The molecule has 18 heavy (non-hydrogen) atoms. The van der Waals surface area contributed by atoms with Crippen LogP contribution in [-0.2, 0) is 0 Å². The summed E-state index contributed by atoms with van der Waals surface area (Å²) in [4.78, 5) is 13.4. The van der Waals surface area contributed by atoms with Crippen molar-refractivity contribution < 1.29 is 9.90 Å². The van der Waals surface area contributed by atoms with Crippen LogP contribution >= 0.6 is 0 Å². The molecule has 1 N–H and O–H groups in total. The fourth-order valence-electron chi connectivity index (χ4n) is 2.44. The molecule has 1 aliphatic rings. The lowest BCUT2D eigenvalue weighted by atomic mass is 10.1. The summed E-state index contributed by atoms with van der Waals surface area (Å²) in [6, 6.07) is 7.54. The zero-order valence-corrected chi connectivity index (χ0v) is 9.83. The van der Waals surface area contributed by atoms with E-state index >= 15 is 0 Å². The second kappa shape index (κ2) is 4.25. The number of carboxylic acid groups (broad SMARTS) is 1. The number of aromatic carboxylic acids is 1. The average molecular weight is 243 g/mol. The number of carboxylic acids is 1. The van der Waals surface area contributed by atoms with E-state index in [1.807, 2.05) is 24.3 Å². The quantitative estimate of drug-likeness (QED) is 0.873. The molecule has 1 aromatic heterocycles. The summed E-state index contributed by atoms with van der Waals surface area (Å²) >= 11 is 0. The SMILES string of the molecule is O=C(O)c1nnc2ccccc2c1N1CCCC1. The number of nitrogens with zero attached hydrogens (tertiary/aromatic N) is 3. The lowest BCUT2D eigenvalue weighted by molar-refractivity contribution is 0.0690. The molecule has 2 aromatic rings. The van der Waals surface area contributed by atoms with Gasteiger partial charge in [0, 0.05) is 18.5 Å². The molecule has 1 aromatic carbocycles. The molecule has 1 saturated heterocycles. The van der Waals surface area contributed by atoms with Gasteiger partial charge in [0.2, 0.25) is 0 Å². The Bertz CT molecular complexity index is 606. The van der Waals surface area contributed by atoms with E-state index in [4.69, 9.17) is 0 Å². The Balaban J connectivity index is 2.28. The van der Waals surface area contributed by atoms with Crippen LogP contribution in [0.15, 0.2) is 24.3 Å². The van der Waals surface area contributed by atoms with Crippen LogP contribution in [0.1, 0.15) is 23.3 Å². The largest absolute Gasteiger partial charge is 0.476 e. The molecule has 0 spiro atoms. The van der Waals surface area contributed by atoms with Crippen LogP contribution < -0.4 is 4.90 Å². The minimum atomic E-state index is -1.02. The molecule has 1 fully saturated rings. The molecule has 5 heteroatoms. The van der Waals surface area contributed by atoms with Crippen molar-refractivity contribution >= 4 is 22.6 Å². The predicted octanol–water partition coefficient (Wildman–Crippen LogP) is 1.93. The van der Waals surface area contributed by atoms with E-state index in [0.717, 1.165) is 36.8 Å². The predicted molar refractivity (Wildman–Crippen MR) is 67.9 cm³/mol. The summed E-state index contributed by atoms with van der Waals surface area (Å²) < 4.78 is 0. The highest BCUT2D eigenvalue weighted by Crippen LogP contribution is 2.30. The van der Waals surface area contributed by atoms with Crippen molar-refractivity contribution in [3.63, 3.8) is 0 Å². The number of anilines is 1. The Morgan fingerprint density at radius 3 is 2.61 bits per heavy atom. The van der Waals surface area contributed by atoms with Gasteiger partial charge in [0.1, 0.15) is 0 Å². The van der Waals surface area contributed by atoms with Crippen molar-refractivity contribution in [3.05, 3.63) is 30.0 Å². The number of benzene rings is 1. The summed E-state index contributed by atoms with van der Waals surface area (Å²) in [5, 5.41) is 18.0. The van der Waals surface area contributed by atoms with E-state index in [1.54, 1.807) is 0 Å². The number of aromatic nitrogens is 2. The number of fused-ring (bicyclic) bond motifs is 1. The second-order valence-electron chi connectivity index (χ2n) is 4.41. The molecule has 0 unspecified atom stereocenters. The third-order valence-electron chi connectivity index (χ3n) is 3.27. The Morgan fingerprint density at radius 2 is 1.89 bits per heavy atom. The van der Waals surface area contributed by atoms with Gasteiger partial charge in [-0.05, 0) is 18.9 Å². The first-order valence-electron chi connectivity index (χ1n) is 6.01. The number of carbonyl (C=O) groups is 1. The van der Waals surface area contributed by atoms with Gasteiger partial charge in [-0.25, -0.2) is 4.79 Å². The summed E-state index contributed by atoms with van der Waals surface area (Å²) in [5.74, 6) is -1.02. The van der Waals surface area contributed by atoms with Crippen LogP contribution in [0.5, 0.6) is 0 Å². The van der Waals surface area contributed by atoms with Gasteiger partial charge in [-0.2, -0.15) is 0 Å². The molecule has 0 radical (unpaired) electrons. The molecule has 2 heterocycles. The van der Waals surface area contributed by atoms with Crippen molar-refractivity contribution in [2.24, 2.45) is 0 Å². The summed E-state index contributed by atoms with van der Waals surface area (Å²) in [5.41, 5.74) is 1.51. The molecule has 0 saturated carbocycles. The molecule has 0 aliphatic carbocycles. The van der Waals surface area contributed by atoms with Crippen molar-refractivity contribution in [3.8, 4) is 0 Å². The standard InChI is InChI=1S/C13H13N3O2/c17-13(18)11-12(16-7-3-4-8-16)9-5-1-2-6-10(9)14-15-11/h1-2,5-6H,3-4,7-8H2,(H,17,18). The zero-order valence-electron chi connectivity index (χ0n) is 9.83. The van der Waals surface area contributed by atoms with Gasteiger partial charge in [-0.3, -0.25) is 0 Å². The fraction of sp³-hybridized carbons (Fsp3) is 0.308. The molecule has 92 valence electrons. The minimum absolute atomic E-state index is 0.0515. The van der Waals surface area contributed by atoms with E-state index in [1.165, 1.54) is 0 Å². The van der Waals surface area contributed by atoms with Gasteiger partial charge in [0.15, 0.2) is 5.69 Å². The van der Waals surface area contributed by atoms with Gasteiger partial charge in [0.25, 0.3) is 0 Å². The highest BCUT2D eigenvalue weighted by molar-refractivity contribution is 6.02. The summed E-state index contributed by atoms with van der Waals surface area (Å²) in [6.45, 7) is 1.77. The van der Waals surface area contributed by atoms with Gasteiger partial charge >= 0.3 is 5.97 Å². The first-order valence-corrected chi connectivity index (χ1v) is 6.01. The molecular formula is C13H13N3O2. The molecular weight excluding hydrogens is 230 g/mol. The van der Waals surface area contributed by atoms with Crippen molar-refractivity contribution in [1.82, 2.24) is 10.2 Å². The Labute approximate surface area is 104 Å². The molecule has 0 amide bonds. The molecule has 3 rings (SSSR count). The lowest BCUT2D eigenvalue weighted by Gasteiger charge is -2.20.